The van der Waals surface area contributed by atoms with E-state index in [4.69, 9.17) is 12.2 Å². The van der Waals surface area contributed by atoms with Gasteiger partial charge in [-0.1, -0.05) is 30.4 Å². The van der Waals surface area contributed by atoms with Crippen molar-refractivity contribution in [2.24, 2.45) is 0 Å². The van der Waals surface area contributed by atoms with Gasteiger partial charge in [0.1, 0.15) is 4.64 Å². The highest BCUT2D eigenvalue weighted by molar-refractivity contribution is 7.71. The summed E-state index contributed by atoms with van der Waals surface area (Å²) < 4.78 is 0.632. The second-order valence-electron chi connectivity index (χ2n) is 3.71. The van der Waals surface area contributed by atoms with Crippen molar-refractivity contribution in [2.45, 2.75) is 0 Å². The van der Waals surface area contributed by atoms with Crippen LogP contribution in [-0.2, 0) is 0 Å². The summed E-state index contributed by atoms with van der Waals surface area (Å²) in [4.78, 5) is 4.16. The molecule has 2 heterocycles. The quantitative estimate of drug-likeness (QED) is 0.662. The normalized spacial score (nSPS) is 10.6. The van der Waals surface area contributed by atoms with Gasteiger partial charge >= 0.3 is 0 Å². The highest BCUT2D eigenvalue weighted by Gasteiger charge is 2.04. The number of rotatable bonds is 1. The molecule has 82 valence electrons. The molecule has 3 aromatic rings. The molecule has 0 aliphatic rings. The molecule has 0 atom stereocenters. The van der Waals surface area contributed by atoms with Gasteiger partial charge in [-0.25, -0.2) is 0 Å². The van der Waals surface area contributed by atoms with E-state index < -0.39 is 0 Å². The first-order chi connectivity index (χ1) is 8.34. The van der Waals surface area contributed by atoms with Crippen LogP contribution in [0, 0.1) is 4.64 Å². The zero-order valence-corrected chi connectivity index (χ0v) is 9.74. The lowest BCUT2D eigenvalue weighted by Gasteiger charge is -2.04. The van der Waals surface area contributed by atoms with E-state index in [1.54, 1.807) is 6.20 Å². The highest BCUT2D eigenvalue weighted by Crippen LogP contribution is 2.25. The molecule has 0 radical (unpaired) electrons. The molecule has 0 saturated carbocycles. The predicted octanol–water partition coefficient (Wildman–Crippen LogP) is 3.35. The fourth-order valence-corrected chi connectivity index (χ4v) is 1.94. The summed E-state index contributed by atoms with van der Waals surface area (Å²) >= 11 is 4.99. The van der Waals surface area contributed by atoms with Gasteiger partial charge in [0.2, 0.25) is 0 Å². The van der Waals surface area contributed by atoms with Crippen molar-refractivity contribution in [3.8, 4) is 11.3 Å². The minimum atomic E-state index is 0.632. The molecule has 2 aromatic heterocycles. The highest BCUT2D eigenvalue weighted by atomic mass is 32.1. The van der Waals surface area contributed by atoms with E-state index in [0.717, 1.165) is 22.0 Å². The topological polar surface area (TPSA) is 41.6 Å². The summed E-state index contributed by atoms with van der Waals surface area (Å²) in [6.07, 6.45) is 3.64. The maximum Gasteiger partial charge on any atom is 0.119 e. The fraction of sp³-hybridized carbons (Fsp3) is 0. The van der Waals surface area contributed by atoms with Crippen molar-refractivity contribution in [1.29, 1.82) is 0 Å². The summed E-state index contributed by atoms with van der Waals surface area (Å²) in [6, 6.07) is 11.9. The fourth-order valence-electron chi connectivity index (χ4n) is 1.83. The van der Waals surface area contributed by atoms with Gasteiger partial charge < -0.3 is 0 Å². The minimum absolute atomic E-state index is 0.632. The van der Waals surface area contributed by atoms with E-state index in [1.807, 2.05) is 36.5 Å². The molecule has 3 nitrogen and oxygen atoms in total. The second-order valence-corrected chi connectivity index (χ2v) is 4.15. The Labute approximate surface area is 103 Å². The Bertz CT molecular complexity index is 708. The summed E-state index contributed by atoms with van der Waals surface area (Å²) in [6.45, 7) is 0. The van der Waals surface area contributed by atoms with Crippen molar-refractivity contribution in [3.05, 3.63) is 53.4 Å². The molecular formula is C13H9N3S. The minimum Gasteiger partial charge on any atom is -0.267 e. The number of pyridine rings is 1. The van der Waals surface area contributed by atoms with Crippen LogP contribution in [0.1, 0.15) is 0 Å². The van der Waals surface area contributed by atoms with Crippen molar-refractivity contribution < 1.29 is 0 Å². The van der Waals surface area contributed by atoms with E-state index in [9.17, 15) is 0 Å². The van der Waals surface area contributed by atoms with Crippen LogP contribution in [0.25, 0.3) is 22.0 Å². The molecule has 0 spiro atoms. The van der Waals surface area contributed by atoms with E-state index >= 15 is 0 Å². The molecule has 0 fully saturated rings. The number of H-pyrrole nitrogens is 1. The number of nitrogens with zero attached hydrogens (tertiary/aromatic N) is 2. The molecule has 0 saturated heterocycles. The molecule has 1 aromatic carbocycles. The maximum atomic E-state index is 4.99. The molecule has 0 aliphatic carbocycles. The van der Waals surface area contributed by atoms with Gasteiger partial charge in [0, 0.05) is 23.3 Å². The molecule has 1 N–H and O–H groups in total. The number of hydrogen-bond acceptors (Lipinski definition) is 3. The van der Waals surface area contributed by atoms with Crippen LogP contribution in [0.3, 0.4) is 0 Å². The first-order valence-corrected chi connectivity index (χ1v) is 5.64. The Morgan fingerprint density at radius 3 is 2.82 bits per heavy atom. The van der Waals surface area contributed by atoms with Gasteiger partial charge in [-0.2, -0.15) is 5.10 Å². The lowest BCUT2D eigenvalue weighted by molar-refractivity contribution is 1.02. The van der Waals surface area contributed by atoms with Crippen LogP contribution in [0.5, 0.6) is 0 Å². The number of hydrogen-bond donors (Lipinski definition) is 1. The van der Waals surface area contributed by atoms with Crippen molar-refractivity contribution in [1.82, 2.24) is 15.2 Å². The average molecular weight is 239 g/mol. The third-order valence-electron chi connectivity index (χ3n) is 2.64. The van der Waals surface area contributed by atoms with Crippen molar-refractivity contribution in [3.63, 3.8) is 0 Å². The summed E-state index contributed by atoms with van der Waals surface area (Å²) in [5, 5.41) is 9.29. The largest absolute Gasteiger partial charge is 0.267 e. The molecule has 3 rings (SSSR count). The van der Waals surface area contributed by atoms with Crippen LogP contribution in [0.15, 0.2) is 48.8 Å². The number of aromatic amines is 1. The first-order valence-electron chi connectivity index (χ1n) is 5.23. The van der Waals surface area contributed by atoms with Gasteiger partial charge in [0.15, 0.2) is 0 Å². The maximum absolute atomic E-state index is 4.99. The monoisotopic (exact) mass is 239 g/mol. The molecule has 0 unspecified atom stereocenters. The van der Waals surface area contributed by atoms with Crippen molar-refractivity contribution in [2.75, 3.05) is 0 Å². The lowest BCUT2D eigenvalue weighted by atomic mass is 10.0. The molecular weight excluding hydrogens is 230 g/mol. The molecule has 0 amide bonds. The zero-order valence-electron chi connectivity index (χ0n) is 8.92. The van der Waals surface area contributed by atoms with E-state index in [1.165, 1.54) is 0 Å². The van der Waals surface area contributed by atoms with Gasteiger partial charge in [-0.05, 0) is 23.6 Å². The standard InChI is InChI=1S/C13H9N3S/c17-13-5-4-12(15-16-13)10-3-1-2-9-6-7-14-8-11(9)10/h1-8H,(H,16,17). The van der Waals surface area contributed by atoms with Gasteiger partial charge in [0.05, 0.1) is 5.69 Å². The van der Waals surface area contributed by atoms with Crippen molar-refractivity contribution >= 4 is 23.0 Å². The third kappa shape index (κ3) is 1.83. The van der Waals surface area contributed by atoms with Crippen LogP contribution in [0.2, 0.25) is 0 Å². The predicted molar refractivity (Wildman–Crippen MR) is 70.2 cm³/mol. The Balaban J connectivity index is 2.30. The first kappa shape index (κ1) is 10.1. The Morgan fingerprint density at radius 1 is 1.06 bits per heavy atom. The second kappa shape index (κ2) is 4.07. The van der Waals surface area contributed by atoms with Crippen LogP contribution < -0.4 is 0 Å². The molecule has 0 bridgehead atoms. The number of benzene rings is 1. The average Bonchev–Trinajstić information content (AvgIpc) is 2.39. The Morgan fingerprint density at radius 2 is 2.00 bits per heavy atom. The summed E-state index contributed by atoms with van der Waals surface area (Å²) in [5.41, 5.74) is 1.93. The van der Waals surface area contributed by atoms with Gasteiger partial charge in [-0.3, -0.25) is 10.1 Å². The summed E-state index contributed by atoms with van der Waals surface area (Å²) in [5.74, 6) is 0. The molecule has 0 aliphatic heterocycles. The number of fused-ring (bicyclic) bond motifs is 1. The molecule has 17 heavy (non-hydrogen) atoms. The van der Waals surface area contributed by atoms with Gasteiger partial charge in [0.25, 0.3) is 0 Å². The molecule has 4 heteroatoms. The van der Waals surface area contributed by atoms with E-state index in [0.29, 0.717) is 4.64 Å². The summed E-state index contributed by atoms with van der Waals surface area (Å²) in [7, 11) is 0. The third-order valence-corrected chi connectivity index (χ3v) is 2.87. The number of nitrogens with one attached hydrogen (secondary N) is 1. The SMILES string of the molecule is S=c1ccc(-c2cccc3ccncc23)n[nH]1. The van der Waals surface area contributed by atoms with E-state index in [2.05, 4.69) is 21.2 Å². The van der Waals surface area contributed by atoms with Crippen LogP contribution in [0.4, 0.5) is 0 Å². The lowest BCUT2D eigenvalue weighted by Crippen LogP contribution is -1.88. The Kier molecular flexibility index (Phi) is 2.42. The van der Waals surface area contributed by atoms with Crippen LogP contribution in [-0.4, -0.2) is 15.2 Å². The number of aromatic nitrogens is 3. The van der Waals surface area contributed by atoms with Crippen LogP contribution >= 0.6 is 12.2 Å². The zero-order chi connectivity index (χ0) is 11.7. The Hall–Kier alpha value is -2.07. The van der Waals surface area contributed by atoms with Gasteiger partial charge in [-0.15, -0.1) is 0 Å². The smallest absolute Gasteiger partial charge is 0.119 e. The van der Waals surface area contributed by atoms with E-state index in [-0.39, 0.29) is 0 Å².